The Morgan fingerprint density at radius 2 is 1.33 bits per heavy atom. The van der Waals surface area contributed by atoms with Gasteiger partial charge in [-0.3, -0.25) is 0 Å². The van der Waals surface area contributed by atoms with E-state index in [1.54, 1.807) is 0 Å². The number of rotatable bonds is 0. The van der Waals surface area contributed by atoms with Gasteiger partial charge < -0.3 is 0 Å². The average molecular weight is 126 g/mol. The van der Waals surface area contributed by atoms with Gasteiger partial charge in [0.25, 0.3) is 0 Å². The van der Waals surface area contributed by atoms with Gasteiger partial charge >= 0.3 is 0 Å². The molecule has 0 saturated heterocycles. The molecule has 0 bridgehead atoms. The van der Waals surface area contributed by atoms with Crippen LogP contribution in [0, 0.1) is 5.41 Å². The first kappa shape index (κ1) is 8.74. The van der Waals surface area contributed by atoms with Gasteiger partial charge in [-0.2, -0.15) is 0 Å². The summed E-state index contributed by atoms with van der Waals surface area (Å²) < 4.78 is 0. The van der Waals surface area contributed by atoms with Gasteiger partial charge in [0.1, 0.15) is 0 Å². The number of hydrogen-bond acceptors (Lipinski definition) is 0. The van der Waals surface area contributed by atoms with Crippen molar-refractivity contribution in [2.75, 3.05) is 0 Å². The van der Waals surface area contributed by atoms with Crippen molar-refractivity contribution in [1.82, 2.24) is 0 Å². The van der Waals surface area contributed by atoms with Crippen molar-refractivity contribution in [3.63, 3.8) is 0 Å². The average Bonchev–Trinajstić information content (AvgIpc) is 2.16. The summed E-state index contributed by atoms with van der Waals surface area (Å²) in [6.45, 7) is 12.1. The molecule has 1 aliphatic rings. The van der Waals surface area contributed by atoms with Crippen LogP contribution >= 0.6 is 0 Å². The molecule has 0 heterocycles. The molecule has 9 heavy (non-hydrogen) atoms. The van der Waals surface area contributed by atoms with Crippen molar-refractivity contribution in [2.24, 2.45) is 5.41 Å². The van der Waals surface area contributed by atoms with Crippen LogP contribution in [-0.4, -0.2) is 0 Å². The lowest BCUT2D eigenvalue weighted by Crippen LogP contribution is -1.75. The molecule has 1 fully saturated rings. The summed E-state index contributed by atoms with van der Waals surface area (Å²) in [6, 6.07) is 0. The molecule has 0 atom stereocenters. The minimum Gasteiger partial charge on any atom is -0.100 e. The molecule has 1 aliphatic carbocycles. The van der Waals surface area contributed by atoms with Crippen molar-refractivity contribution < 1.29 is 0 Å². The highest BCUT2D eigenvalue weighted by atomic mass is 14.4. The summed E-state index contributed by atoms with van der Waals surface area (Å²) in [6.07, 6.45) is 2.90. The lowest BCUT2D eigenvalue weighted by atomic mass is 10.2. The minimum absolute atomic E-state index is 0.750. The maximum absolute atomic E-state index is 3.56. The SMILES string of the molecule is C=C(C)C.CC1(C)CC1. The summed E-state index contributed by atoms with van der Waals surface area (Å²) in [7, 11) is 0. The van der Waals surface area contributed by atoms with E-state index in [0.29, 0.717) is 0 Å². The first-order chi connectivity index (χ1) is 3.94. The lowest BCUT2D eigenvalue weighted by Gasteiger charge is -1.86. The summed E-state index contributed by atoms with van der Waals surface area (Å²) in [5.74, 6) is 0. The van der Waals surface area contributed by atoms with Crippen molar-refractivity contribution in [3.05, 3.63) is 12.2 Å². The molecule has 0 N–H and O–H groups in total. The summed E-state index contributed by atoms with van der Waals surface area (Å²) in [5.41, 5.74) is 1.92. The van der Waals surface area contributed by atoms with E-state index in [-0.39, 0.29) is 0 Å². The Hall–Kier alpha value is -0.260. The molecule has 0 amide bonds. The Labute approximate surface area is 59.0 Å². The normalized spacial score (nSPS) is 19.6. The van der Waals surface area contributed by atoms with Crippen molar-refractivity contribution in [2.45, 2.75) is 40.5 Å². The van der Waals surface area contributed by atoms with E-state index in [1.807, 2.05) is 13.8 Å². The molecule has 1 saturated carbocycles. The van der Waals surface area contributed by atoms with E-state index in [4.69, 9.17) is 0 Å². The van der Waals surface area contributed by atoms with Gasteiger partial charge in [-0.1, -0.05) is 19.4 Å². The molecular formula is C9H18. The topological polar surface area (TPSA) is 0 Å². The third-order valence-corrected chi connectivity index (χ3v) is 1.25. The van der Waals surface area contributed by atoms with Crippen LogP contribution < -0.4 is 0 Å². The smallest absolute Gasteiger partial charge is 0.0354 e. The van der Waals surface area contributed by atoms with Crippen molar-refractivity contribution in [1.29, 1.82) is 0 Å². The Kier molecular flexibility index (Phi) is 2.96. The minimum atomic E-state index is 0.750. The van der Waals surface area contributed by atoms with Crippen LogP contribution in [0.15, 0.2) is 12.2 Å². The van der Waals surface area contributed by atoms with E-state index in [2.05, 4.69) is 20.4 Å². The number of allylic oxidation sites excluding steroid dienone is 1. The second kappa shape index (κ2) is 3.05. The van der Waals surface area contributed by atoms with Crippen LogP contribution in [0.3, 0.4) is 0 Å². The lowest BCUT2D eigenvalue weighted by molar-refractivity contribution is 0.653. The van der Waals surface area contributed by atoms with E-state index in [0.717, 1.165) is 5.41 Å². The van der Waals surface area contributed by atoms with Gasteiger partial charge in [0, 0.05) is 0 Å². The second-order valence-electron chi connectivity index (χ2n) is 3.87. The highest BCUT2D eigenvalue weighted by Gasteiger charge is 2.30. The van der Waals surface area contributed by atoms with Gasteiger partial charge in [0.05, 0.1) is 0 Å². The van der Waals surface area contributed by atoms with Gasteiger partial charge in [-0.05, 0) is 32.1 Å². The highest BCUT2D eigenvalue weighted by Crippen LogP contribution is 2.43. The highest BCUT2D eigenvalue weighted by molar-refractivity contribution is 4.82. The van der Waals surface area contributed by atoms with E-state index < -0.39 is 0 Å². The van der Waals surface area contributed by atoms with Crippen LogP contribution in [0.4, 0.5) is 0 Å². The molecule has 0 nitrogen and oxygen atoms in total. The van der Waals surface area contributed by atoms with Crippen LogP contribution in [0.2, 0.25) is 0 Å². The maximum Gasteiger partial charge on any atom is -0.0354 e. The fraction of sp³-hybridized carbons (Fsp3) is 0.778. The van der Waals surface area contributed by atoms with Crippen LogP contribution in [0.5, 0.6) is 0 Å². The summed E-state index contributed by atoms with van der Waals surface area (Å²) in [5, 5.41) is 0. The Morgan fingerprint density at radius 1 is 1.22 bits per heavy atom. The first-order valence-electron chi connectivity index (χ1n) is 3.56. The largest absolute Gasteiger partial charge is 0.100 e. The molecule has 0 radical (unpaired) electrons. The molecular weight excluding hydrogens is 108 g/mol. The van der Waals surface area contributed by atoms with Crippen LogP contribution in [0.1, 0.15) is 40.5 Å². The fourth-order valence-corrected chi connectivity index (χ4v) is 0.250. The zero-order valence-electron chi connectivity index (χ0n) is 7.12. The molecule has 54 valence electrons. The quantitative estimate of drug-likeness (QED) is 0.436. The monoisotopic (exact) mass is 126 g/mol. The summed E-state index contributed by atoms with van der Waals surface area (Å²) >= 11 is 0. The summed E-state index contributed by atoms with van der Waals surface area (Å²) in [4.78, 5) is 0. The van der Waals surface area contributed by atoms with Gasteiger partial charge in [0.2, 0.25) is 0 Å². The van der Waals surface area contributed by atoms with Crippen LogP contribution in [0.25, 0.3) is 0 Å². The molecule has 0 aliphatic heterocycles. The Bertz CT molecular complexity index is 88.6. The predicted octanol–water partition coefficient (Wildman–Crippen LogP) is 3.39. The first-order valence-corrected chi connectivity index (χ1v) is 3.56. The zero-order valence-corrected chi connectivity index (χ0v) is 7.12. The molecule has 0 aromatic carbocycles. The van der Waals surface area contributed by atoms with Crippen molar-refractivity contribution >= 4 is 0 Å². The van der Waals surface area contributed by atoms with Gasteiger partial charge in [0.15, 0.2) is 0 Å². The Balaban J connectivity index is 0.000000148. The predicted molar refractivity (Wildman–Crippen MR) is 43.5 cm³/mol. The van der Waals surface area contributed by atoms with Gasteiger partial charge in [-0.15, -0.1) is 6.58 Å². The third-order valence-electron chi connectivity index (χ3n) is 1.25. The molecule has 1 rings (SSSR count). The van der Waals surface area contributed by atoms with E-state index >= 15 is 0 Å². The van der Waals surface area contributed by atoms with Crippen LogP contribution in [-0.2, 0) is 0 Å². The molecule has 0 aromatic rings. The Morgan fingerprint density at radius 3 is 1.33 bits per heavy atom. The molecule has 0 unspecified atom stereocenters. The third kappa shape index (κ3) is 11.4. The maximum atomic E-state index is 3.56. The second-order valence-corrected chi connectivity index (χ2v) is 3.87. The zero-order chi connectivity index (χ0) is 7.49. The van der Waals surface area contributed by atoms with Gasteiger partial charge in [-0.25, -0.2) is 0 Å². The van der Waals surface area contributed by atoms with E-state index in [9.17, 15) is 0 Å². The number of hydrogen-bond donors (Lipinski definition) is 0. The molecule has 0 spiro atoms. The fourth-order valence-electron chi connectivity index (χ4n) is 0.250. The van der Waals surface area contributed by atoms with E-state index in [1.165, 1.54) is 18.4 Å². The molecule has 0 heteroatoms. The van der Waals surface area contributed by atoms with Crippen molar-refractivity contribution in [3.8, 4) is 0 Å². The molecule has 0 aromatic heterocycles. The standard InChI is InChI=1S/C5H10.C4H8/c1-5(2)3-4-5;1-4(2)3/h3-4H2,1-2H3;1H2,2-3H3.